The third kappa shape index (κ3) is 2.96. The van der Waals surface area contributed by atoms with E-state index in [0.717, 1.165) is 24.0 Å². The zero-order valence-electron chi connectivity index (χ0n) is 12.0. The van der Waals surface area contributed by atoms with E-state index in [4.69, 9.17) is 14.5 Å². The average Bonchev–Trinajstić information content (AvgIpc) is 3.23. The molecule has 108 valence electrons. The van der Waals surface area contributed by atoms with Gasteiger partial charge in [0.25, 0.3) is 5.89 Å². The molecule has 1 fully saturated rings. The van der Waals surface area contributed by atoms with Gasteiger partial charge in [-0.25, -0.2) is 0 Å². The summed E-state index contributed by atoms with van der Waals surface area (Å²) in [4.78, 5) is 4.49. The number of rotatable bonds is 6. The highest BCUT2D eigenvalue weighted by atomic mass is 16.5. The van der Waals surface area contributed by atoms with Gasteiger partial charge in [-0.3, -0.25) is 0 Å². The van der Waals surface area contributed by atoms with Crippen LogP contribution in [-0.2, 0) is 11.2 Å². The van der Waals surface area contributed by atoms with Crippen molar-refractivity contribution >= 4 is 0 Å². The average molecular weight is 283 g/mol. The second-order valence-corrected chi connectivity index (χ2v) is 5.16. The van der Waals surface area contributed by atoms with Gasteiger partial charge >= 0.3 is 0 Å². The predicted molar refractivity (Wildman–Crippen MR) is 76.1 cm³/mol. The zero-order valence-corrected chi connectivity index (χ0v) is 12.0. The van der Waals surface area contributed by atoms with Gasteiger partial charge in [0.2, 0.25) is 5.82 Å². The van der Waals surface area contributed by atoms with Gasteiger partial charge in [0.05, 0.1) is 12.5 Å². The molecule has 5 nitrogen and oxygen atoms in total. The first-order valence-corrected chi connectivity index (χ1v) is 7.24. The normalized spacial score (nSPS) is 15.6. The van der Waals surface area contributed by atoms with Crippen LogP contribution in [0.5, 0.6) is 0 Å². The SMILES string of the molecule is CCOC(c1noc(-c2ccccc2CC#N)n1)C1CC1. The molecule has 0 spiro atoms. The van der Waals surface area contributed by atoms with Crippen molar-refractivity contribution in [3.8, 4) is 17.5 Å². The first kappa shape index (κ1) is 13.8. The summed E-state index contributed by atoms with van der Waals surface area (Å²) in [6, 6.07) is 9.77. The third-order valence-corrected chi connectivity index (χ3v) is 3.61. The lowest BCUT2D eigenvalue weighted by Crippen LogP contribution is -2.08. The van der Waals surface area contributed by atoms with E-state index in [1.807, 2.05) is 31.2 Å². The second kappa shape index (κ2) is 6.06. The summed E-state index contributed by atoms with van der Waals surface area (Å²) in [5.74, 6) is 1.58. The molecule has 0 radical (unpaired) electrons. The lowest BCUT2D eigenvalue weighted by Gasteiger charge is -2.11. The predicted octanol–water partition coefficient (Wildman–Crippen LogP) is 3.29. The van der Waals surface area contributed by atoms with Crippen molar-refractivity contribution in [1.82, 2.24) is 10.1 Å². The van der Waals surface area contributed by atoms with Crippen LogP contribution in [0.2, 0.25) is 0 Å². The number of hydrogen-bond donors (Lipinski definition) is 0. The monoisotopic (exact) mass is 283 g/mol. The van der Waals surface area contributed by atoms with Gasteiger partial charge in [0.1, 0.15) is 6.10 Å². The largest absolute Gasteiger partial charge is 0.370 e. The maximum Gasteiger partial charge on any atom is 0.258 e. The molecule has 0 aliphatic heterocycles. The number of nitrogens with zero attached hydrogens (tertiary/aromatic N) is 3. The van der Waals surface area contributed by atoms with Gasteiger partial charge in [0.15, 0.2) is 0 Å². The molecule has 3 rings (SSSR count). The highest BCUT2D eigenvalue weighted by Crippen LogP contribution is 2.42. The minimum absolute atomic E-state index is 0.0735. The molecule has 1 aliphatic rings. The molecule has 5 heteroatoms. The Morgan fingerprint density at radius 2 is 2.24 bits per heavy atom. The minimum atomic E-state index is -0.0735. The van der Waals surface area contributed by atoms with Crippen molar-refractivity contribution in [2.24, 2.45) is 5.92 Å². The van der Waals surface area contributed by atoms with Crippen molar-refractivity contribution in [3.05, 3.63) is 35.7 Å². The highest BCUT2D eigenvalue weighted by Gasteiger charge is 2.36. The Morgan fingerprint density at radius 1 is 1.43 bits per heavy atom. The molecule has 0 saturated heterocycles. The number of benzene rings is 1. The highest BCUT2D eigenvalue weighted by molar-refractivity contribution is 5.59. The van der Waals surface area contributed by atoms with Gasteiger partial charge < -0.3 is 9.26 Å². The van der Waals surface area contributed by atoms with Gasteiger partial charge in [0, 0.05) is 12.2 Å². The van der Waals surface area contributed by atoms with Crippen LogP contribution < -0.4 is 0 Å². The molecule has 1 saturated carbocycles. The second-order valence-electron chi connectivity index (χ2n) is 5.16. The van der Waals surface area contributed by atoms with E-state index in [0.29, 0.717) is 30.7 Å². The summed E-state index contributed by atoms with van der Waals surface area (Å²) >= 11 is 0. The lowest BCUT2D eigenvalue weighted by atomic mass is 10.1. The van der Waals surface area contributed by atoms with E-state index in [1.165, 1.54) is 0 Å². The molecule has 1 unspecified atom stereocenters. The summed E-state index contributed by atoms with van der Waals surface area (Å²) in [6.45, 7) is 2.61. The van der Waals surface area contributed by atoms with Gasteiger partial charge in [-0.1, -0.05) is 23.4 Å². The third-order valence-electron chi connectivity index (χ3n) is 3.61. The first-order valence-electron chi connectivity index (χ1n) is 7.24. The Labute approximate surface area is 123 Å². The molecule has 1 aliphatic carbocycles. The molecule has 0 amide bonds. The van der Waals surface area contributed by atoms with Crippen LogP contribution in [0.3, 0.4) is 0 Å². The fourth-order valence-electron chi connectivity index (χ4n) is 2.43. The molecular weight excluding hydrogens is 266 g/mol. The van der Waals surface area contributed by atoms with Gasteiger partial charge in [-0.2, -0.15) is 10.2 Å². The first-order chi connectivity index (χ1) is 10.3. The molecule has 2 aromatic rings. The fourth-order valence-corrected chi connectivity index (χ4v) is 2.43. The number of ether oxygens (including phenoxy) is 1. The topological polar surface area (TPSA) is 71.9 Å². The lowest BCUT2D eigenvalue weighted by molar-refractivity contribution is 0.0385. The van der Waals surface area contributed by atoms with E-state index in [1.54, 1.807) is 0 Å². The van der Waals surface area contributed by atoms with Crippen LogP contribution in [0.4, 0.5) is 0 Å². The van der Waals surface area contributed by atoms with Crippen LogP contribution in [-0.4, -0.2) is 16.7 Å². The Morgan fingerprint density at radius 3 is 2.95 bits per heavy atom. The molecule has 0 N–H and O–H groups in total. The molecule has 1 heterocycles. The van der Waals surface area contributed by atoms with E-state index >= 15 is 0 Å². The van der Waals surface area contributed by atoms with Gasteiger partial charge in [-0.15, -0.1) is 0 Å². The summed E-state index contributed by atoms with van der Waals surface area (Å²) in [7, 11) is 0. The Hall–Kier alpha value is -2.19. The number of aromatic nitrogens is 2. The molecule has 1 atom stereocenters. The molecule has 0 bridgehead atoms. The smallest absolute Gasteiger partial charge is 0.258 e. The quantitative estimate of drug-likeness (QED) is 0.813. The zero-order chi connectivity index (χ0) is 14.7. The van der Waals surface area contributed by atoms with Crippen LogP contribution >= 0.6 is 0 Å². The van der Waals surface area contributed by atoms with Crippen LogP contribution in [0.25, 0.3) is 11.5 Å². The van der Waals surface area contributed by atoms with E-state index in [9.17, 15) is 0 Å². The summed E-state index contributed by atoms with van der Waals surface area (Å²) < 4.78 is 11.1. The van der Waals surface area contributed by atoms with Crippen molar-refractivity contribution in [3.63, 3.8) is 0 Å². The summed E-state index contributed by atoms with van der Waals surface area (Å²) in [5, 5.41) is 13.0. The van der Waals surface area contributed by atoms with Crippen LogP contribution in [0, 0.1) is 17.2 Å². The van der Waals surface area contributed by atoms with Crippen molar-refractivity contribution in [1.29, 1.82) is 5.26 Å². The summed E-state index contributed by atoms with van der Waals surface area (Å²) in [6.07, 6.45) is 2.56. The molecule has 1 aromatic carbocycles. The minimum Gasteiger partial charge on any atom is -0.370 e. The Kier molecular flexibility index (Phi) is 3.98. The molecule has 1 aromatic heterocycles. The maximum absolute atomic E-state index is 8.90. The number of hydrogen-bond acceptors (Lipinski definition) is 5. The summed E-state index contributed by atoms with van der Waals surface area (Å²) in [5.41, 5.74) is 1.72. The van der Waals surface area contributed by atoms with Crippen LogP contribution in [0.15, 0.2) is 28.8 Å². The Bertz CT molecular complexity index is 656. The van der Waals surface area contributed by atoms with Gasteiger partial charge in [-0.05, 0) is 37.3 Å². The number of nitriles is 1. The van der Waals surface area contributed by atoms with Crippen molar-refractivity contribution < 1.29 is 9.26 Å². The standard InChI is InChI=1S/C16H17N3O2/c1-2-20-14(12-7-8-12)15-18-16(21-19-15)13-6-4-3-5-11(13)9-10-17/h3-6,12,14H,2,7-9H2,1H3. The Balaban J connectivity index is 1.89. The molecular formula is C16H17N3O2. The maximum atomic E-state index is 8.90. The van der Waals surface area contributed by atoms with E-state index in [-0.39, 0.29) is 6.10 Å². The van der Waals surface area contributed by atoms with Crippen molar-refractivity contribution in [2.75, 3.05) is 6.61 Å². The van der Waals surface area contributed by atoms with E-state index in [2.05, 4.69) is 16.2 Å². The van der Waals surface area contributed by atoms with Crippen LogP contribution in [0.1, 0.15) is 37.3 Å². The molecule has 21 heavy (non-hydrogen) atoms. The van der Waals surface area contributed by atoms with Crippen molar-refractivity contribution in [2.45, 2.75) is 32.3 Å². The fraction of sp³-hybridized carbons (Fsp3) is 0.438. The van der Waals surface area contributed by atoms with E-state index < -0.39 is 0 Å².